The molecular formula is C12H25N3. The Morgan fingerprint density at radius 3 is 1.93 bits per heavy atom. The second-order valence-electron chi connectivity index (χ2n) is 5.07. The highest BCUT2D eigenvalue weighted by Crippen LogP contribution is 2.05. The number of nitrogens with zero attached hydrogens (tertiary/aromatic N) is 2. The third-order valence-corrected chi connectivity index (χ3v) is 2.17. The molecule has 3 heteroatoms. The maximum atomic E-state index is 8.62. The molecule has 0 aliphatic rings. The molecule has 0 bridgehead atoms. The fourth-order valence-electron chi connectivity index (χ4n) is 1.68. The third-order valence-electron chi connectivity index (χ3n) is 2.17. The van der Waals surface area contributed by atoms with Crippen molar-refractivity contribution in [2.45, 2.75) is 40.2 Å². The van der Waals surface area contributed by atoms with Gasteiger partial charge in [-0.05, 0) is 18.3 Å². The minimum Gasteiger partial charge on any atom is -0.316 e. The SMILES string of the molecule is CC(C)CN(CCC(N)C#N)CC(C)C. The van der Waals surface area contributed by atoms with E-state index in [4.69, 9.17) is 11.0 Å². The molecule has 0 aromatic rings. The van der Waals surface area contributed by atoms with Gasteiger partial charge in [0.15, 0.2) is 0 Å². The molecule has 0 heterocycles. The smallest absolute Gasteiger partial charge is 0.0940 e. The van der Waals surface area contributed by atoms with Crippen LogP contribution in [0.15, 0.2) is 0 Å². The molecule has 0 aliphatic carbocycles. The average molecular weight is 211 g/mol. The normalized spacial score (nSPS) is 13.5. The van der Waals surface area contributed by atoms with Gasteiger partial charge in [-0.15, -0.1) is 0 Å². The van der Waals surface area contributed by atoms with Gasteiger partial charge < -0.3 is 10.6 Å². The van der Waals surface area contributed by atoms with Crippen molar-refractivity contribution in [1.82, 2.24) is 4.90 Å². The van der Waals surface area contributed by atoms with E-state index in [-0.39, 0.29) is 6.04 Å². The summed E-state index contributed by atoms with van der Waals surface area (Å²) in [7, 11) is 0. The summed E-state index contributed by atoms with van der Waals surface area (Å²) in [5.74, 6) is 1.34. The van der Waals surface area contributed by atoms with Crippen molar-refractivity contribution in [3.8, 4) is 6.07 Å². The van der Waals surface area contributed by atoms with E-state index in [0.29, 0.717) is 11.8 Å². The summed E-state index contributed by atoms with van der Waals surface area (Å²) in [6, 6.07) is 1.76. The van der Waals surface area contributed by atoms with E-state index in [0.717, 1.165) is 26.1 Å². The van der Waals surface area contributed by atoms with Crippen LogP contribution in [0.4, 0.5) is 0 Å². The molecule has 0 aromatic heterocycles. The molecule has 0 aliphatic heterocycles. The lowest BCUT2D eigenvalue weighted by Crippen LogP contribution is -2.35. The molecular weight excluding hydrogens is 186 g/mol. The number of hydrogen-bond donors (Lipinski definition) is 1. The Bertz CT molecular complexity index is 184. The van der Waals surface area contributed by atoms with Crippen molar-refractivity contribution in [2.24, 2.45) is 17.6 Å². The van der Waals surface area contributed by atoms with Gasteiger partial charge in [0.1, 0.15) is 0 Å². The van der Waals surface area contributed by atoms with E-state index in [1.807, 2.05) is 0 Å². The van der Waals surface area contributed by atoms with E-state index < -0.39 is 0 Å². The molecule has 15 heavy (non-hydrogen) atoms. The van der Waals surface area contributed by atoms with Crippen LogP contribution in [0.1, 0.15) is 34.1 Å². The molecule has 3 nitrogen and oxygen atoms in total. The van der Waals surface area contributed by atoms with Gasteiger partial charge in [0, 0.05) is 19.6 Å². The van der Waals surface area contributed by atoms with Crippen LogP contribution in [-0.4, -0.2) is 30.6 Å². The quantitative estimate of drug-likeness (QED) is 0.699. The van der Waals surface area contributed by atoms with Gasteiger partial charge in [-0.3, -0.25) is 0 Å². The largest absolute Gasteiger partial charge is 0.316 e. The maximum absolute atomic E-state index is 8.62. The Morgan fingerprint density at radius 2 is 1.60 bits per heavy atom. The molecule has 0 radical (unpaired) electrons. The molecule has 0 spiro atoms. The monoisotopic (exact) mass is 211 g/mol. The second-order valence-corrected chi connectivity index (χ2v) is 5.07. The Morgan fingerprint density at radius 1 is 1.13 bits per heavy atom. The Hall–Kier alpha value is -0.590. The van der Waals surface area contributed by atoms with Gasteiger partial charge in [-0.1, -0.05) is 27.7 Å². The maximum Gasteiger partial charge on any atom is 0.0940 e. The highest BCUT2D eigenvalue weighted by Gasteiger charge is 2.10. The van der Waals surface area contributed by atoms with Gasteiger partial charge in [0.05, 0.1) is 12.1 Å². The van der Waals surface area contributed by atoms with Crippen LogP contribution in [0, 0.1) is 23.2 Å². The standard InChI is InChI=1S/C12H25N3/c1-10(2)8-15(9-11(3)4)6-5-12(14)7-13/h10-12H,5-6,8-9,14H2,1-4H3. The second kappa shape index (κ2) is 7.67. The Balaban J connectivity index is 3.96. The topological polar surface area (TPSA) is 53.0 Å². The van der Waals surface area contributed by atoms with Crippen molar-refractivity contribution >= 4 is 0 Å². The fourth-order valence-corrected chi connectivity index (χ4v) is 1.68. The minimum atomic E-state index is -0.313. The fraction of sp³-hybridized carbons (Fsp3) is 0.917. The molecule has 0 rings (SSSR count). The number of nitriles is 1. The molecule has 0 saturated heterocycles. The first-order chi connectivity index (χ1) is 6.95. The van der Waals surface area contributed by atoms with Gasteiger partial charge in [0.2, 0.25) is 0 Å². The third kappa shape index (κ3) is 8.41. The van der Waals surface area contributed by atoms with Crippen LogP contribution in [0.25, 0.3) is 0 Å². The molecule has 2 N–H and O–H groups in total. The van der Waals surface area contributed by atoms with Crippen LogP contribution in [0.3, 0.4) is 0 Å². The number of nitrogens with two attached hydrogens (primary N) is 1. The lowest BCUT2D eigenvalue weighted by Gasteiger charge is -2.26. The van der Waals surface area contributed by atoms with E-state index in [2.05, 4.69) is 38.7 Å². The van der Waals surface area contributed by atoms with Crippen molar-refractivity contribution < 1.29 is 0 Å². The predicted octanol–water partition coefficient (Wildman–Crippen LogP) is 1.84. The summed E-state index contributed by atoms with van der Waals surface area (Å²) >= 11 is 0. The average Bonchev–Trinajstić information content (AvgIpc) is 2.11. The van der Waals surface area contributed by atoms with E-state index in [1.54, 1.807) is 0 Å². The van der Waals surface area contributed by atoms with Gasteiger partial charge in [0.25, 0.3) is 0 Å². The molecule has 1 unspecified atom stereocenters. The molecule has 88 valence electrons. The summed E-state index contributed by atoms with van der Waals surface area (Å²) < 4.78 is 0. The predicted molar refractivity (Wildman–Crippen MR) is 64.3 cm³/mol. The molecule has 0 aromatic carbocycles. The molecule has 1 atom stereocenters. The van der Waals surface area contributed by atoms with E-state index >= 15 is 0 Å². The first-order valence-corrected chi connectivity index (χ1v) is 5.83. The highest BCUT2D eigenvalue weighted by molar-refractivity contribution is 4.86. The lowest BCUT2D eigenvalue weighted by atomic mass is 10.1. The van der Waals surface area contributed by atoms with E-state index in [1.165, 1.54) is 0 Å². The summed E-state index contributed by atoms with van der Waals surface area (Å²) in [6.45, 7) is 12.0. The lowest BCUT2D eigenvalue weighted by molar-refractivity contribution is 0.215. The first kappa shape index (κ1) is 14.4. The van der Waals surface area contributed by atoms with Crippen LogP contribution >= 0.6 is 0 Å². The Labute approximate surface area is 94.2 Å². The summed E-state index contributed by atoms with van der Waals surface area (Å²) in [4.78, 5) is 2.41. The minimum absolute atomic E-state index is 0.313. The highest BCUT2D eigenvalue weighted by atomic mass is 15.1. The number of hydrogen-bond acceptors (Lipinski definition) is 3. The number of rotatable bonds is 7. The zero-order chi connectivity index (χ0) is 11.8. The summed E-state index contributed by atoms with van der Waals surface area (Å²) in [5.41, 5.74) is 5.60. The Kier molecular flexibility index (Phi) is 7.37. The van der Waals surface area contributed by atoms with Gasteiger partial charge in [-0.25, -0.2) is 0 Å². The van der Waals surface area contributed by atoms with Crippen LogP contribution < -0.4 is 5.73 Å². The van der Waals surface area contributed by atoms with Crippen molar-refractivity contribution in [2.75, 3.05) is 19.6 Å². The summed E-state index contributed by atoms with van der Waals surface area (Å²) in [5, 5.41) is 8.62. The van der Waals surface area contributed by atoms with Gasteiger partial charge in [-0.2, -0.15) is 5.26 Å². The van der Waals surface area contributed by atoms with Gasteiger partial charge >= 0.3 is 0 Å². The van der Waals surface area contributed by atoms with Crippen LogP contribution in [-0.2, 0) is 0 Å². The summed E-state index contributed by atoms with van der Waals surface area (Å²) in [6.07, 6.45) is 0.774. The molecule has 0 fully saturated rings. The zero-order valence-corrected chi connectivity index (χ0v) is 10.5. The molecule has 0 saturated carbocycles. The van der Waals surface area contributed by atoms with Crippen molar-refractivity contribution in [3.05, 3.63) is 0 Å². The van der Waals surface area contributed by atoms with E-state index in [9.17, 15) is 0 Å². The first-order valence-electron chi connectivity index (χ1n) is 5.83. The zero-order valence-electron chi connectivity index (χ0n) is 10.5. The van der Waals surface area contributed by atoms with Crippen LogP contribution in [0.5, 0.6) is 0 Å². The molecule has 0 amide bonds. The van der Waals surface area contributed by atoms with Crippen molar-refractivity contribution in [1.29, 1.82) is 5.26 Å². The van der Waals surface area contributed by atoms with Crippen LogP contribution in [0.2, 0.25) is 0 Å². The van der Waals surface area contributed by atoms with Crippen molar-refractivity contribution in [3.63, 3.8) is 0 Å².